The van der Waals surface area contributed by atoms with Gasteiger partial charge >= 0.3 is 23.1 Å². The standard InChI is InChI=1S/C21H24O2.Mg.2H/c22-21(15-17-7-3-1-4-8-17)19-11-13-20(14-12-19)23-16-18-9-5-2-6-10-18;;;/h2,5-6,9-14,17H,1,3-4,7-8,15-16H2;;;. The number of hydrogen-bond donors (Lipinski definition) is 0. The van der Waals surface area contributed by atoms with E-state index in [0.717, 1.165) is 16.9 Å². The Morgan fingerprint density at radius 3 is 2.25 bits per heavy atom. The summed E-state index contributed by atoms with van der Waals surface area (Å²) in [5, 5.41) is 0. The fourth-order valence-electron chi connectivity index (χ4n) is 3.25. The molecule has 0 aromatic heterocycles. The summed E-state index contributed by atoms with van der Waals surface area (Å²) in [4.78, 5) is 12.4. The molecule has 1 aliphatic carbocycles. The van der Waals surface area contributed by atoms with Crippen LogP contribution in [0.2, 0.25) is 0 Å². The first kappa shape index (κ1) is 19.0. The second kappa shape index (κ2) is 9.85. The van der Waals surface area contributed by atoms with E-state index < -0.39 is 0 Å². The lowest BCUT2D eigenvalue weighted by molar-refractivity contribution is 0.0950. The van der Waals surface area contributed by atoms with Gasteiger partial charge in [-0.25, -0.2) is 0 Å². The zero-order valence-electron chi connectivity index (χ0n) is 13.5. The van der Waals surface area contributed by atoms with Crippen LogP contribution in [0.1, 0.15) is 54.4 Å². The smallest absolute Gasteiger partial charge is 0.316 e. The van der Waals surface area contributed by atoms with Crippen LogP contribution in [0.5, 0.6) is 5.75 Å². The molecule has 124 valence electrons. The van der Waals surface area contributed by atoms with E-state index in [-0.39, 0.29) is 28.8 Å². The van der Waals surface area contributed by atoms with Crippen molar-refractivity contribution in [1.29, 1.82) is 0 Å². The van der Waals surface area contributed by atoms with Gasteiger partial charge in [-0.05, 0) is 35.7 Å². The van der Waals surface area contributed by atoms with Crippen molar-refractivity contribution in [3.8, 4) is 5.75 Å². The van der Waals surface area contributed by atoms with Crippen LogP contribution in [0.25, 0.3) is 0 Å². The first-order valence-corrected chi connectivity index (χ1v) is 8.61. The number of carbonyl (C=O) groups excluding carboxylic acids is 1. The lowest BCUT2D eigenvalue weighted by atomic mass is 9.85. The first-order chi connectivity index (χ1) is 11.3. The van der Waals surface area contributed by atoms with E-state index in [2.05, 4.69) is 0 Å². The van der Waals surface area contributed by atoms with E-state index in [1.54, 1.807) is 0 Å². The van der Waals surface area contributed by atoms with Gasteiger partial charge in [0.25, 0.3) is 0 Å². The highest BCUT2D eigenvalue weighted by molar-refractivity contribution is 5.96. The Morgan fingerprint density at radius 2 is 1.58 bits per heavy atom. The van der Waals surface area contributed by atoms with Gasteiger partial charge in [-0.2, -0.15) is 0 Å². The maximum absolute atomic E-state index is 12.4. The number of ketones is 1. The topological polar surface area (TPSA) is 26.3 Å². The lowest BCUT2D eigenvalue weighted by Gasteiger charge is -2.20. The van der Waals surface area contributed by atoms with Gasteiger partial charge in [0.1, 0.15) is 12.4 Å². The molecule has 0 N–H and O–H groups in total. The molecule has 0 unspecified atom stereocenters. The van der Waals surface area contributed by atoms with Gasteiger partial charge in [0.2, 0.25) is 0 Å². The van der Waals surface area contributed by atoms with E-state index in [1.165, 1.54) is 32.1 Å². The molecule has 1 fully saturated rings. The monoisotopic (exact) mass is 334 g/mol. The Labute approximate surface area is 160 Å². The van der Waals surface area contributed by atoms with Gasteiger partial charge in [0.15, 0.2) is 5.78 Å². The maximum atomic E-state index is 12.4. The van der Waals surface area contributed by atoms with Gasteiger partial charge in [-0.1, -0.05) is 62.4 Å². The molecule has 0 heterocycles. The van der Waals surface area contributed by atoms with E-state index in [4.69, 9.17) is 4.74 Å². The quantitative estimate of drug-likeness (QED) is 0.574. The van der Waals surface area contributed by atoms with Crippen molar-refractivity contribution in [2.75, 3.05) is 0 Å². The summed E-state index contributed by atoms with van der Waals surface area (Å²) in [6.07, 6.45) is 7.02. The average molecular weight is 335 g/mol. The highest BCUT2D eigenvalue weighted by Gasteiger charge is 2.17. The highest BCUT2D eigenvalue weighted by atomic mass is 24.3. The second-order valence-electron chi connectivity index (χ2n) is 6.43. The molecule has 2 nitrogen and oxygen atoms in total. The van der Waals surface area contributed by atoms with Gasteiger partial charge in [-0.3, -0.25) is 4.79 Å². The molecule has 0 amide bonds. The molecule has 0 atom stereocenters. The number of benzene rings is 2. The molecular weight excluding hydrogens is 309 g/mol. The fourth-order valence-corrected chi connectivity index (χ4v) is 3.25. The predicted octanol–water partition coefficient (Wildman–Crippen LogP) is 4.50. The summed E-state index contributed by atoms with van der Waals surface area (Å²) >= 11 is 0. The van der Waals surface area contributed by atoms with Gasteiger partial charge < -0.3 is 4.74 Å². The van der Waals surface area contributed by atoms with Crippen LogP contribution in [-0.4, -0.2) is 28.8 Å². The summed E-state index contributed by atoms with van der Waals surface area (Å²) in [5.74, 6) is 1.67. The minimum absolute atomic E-state index is 0. The van der Waals surface area contributed by atoms with E-state index in [9.17, 15) is 4.79 Å². The van der Waals surface area contributed by atoms with Gasteiger partial charge in [0.05, 0.1) is 0 Å². The Kier molecular flexibility index (Phi) is 7.80. The molecule has 1 aliphatic rings. The van der Waals surface area contributed by atoms with Crippen molar-refractivity contribution in [2.45, 2.75) is 45.1 Å². The molecular formula is C21H26MgO2. The van der Waals surface area contributed by atoms with Crippen molar-refractivity contribution < 1.29 is 9.53 Å². The van der Waals surface area contributed by atoms with Crippen LogP contribution in [0, 0.1) is 5.92 Å². The van der Waals surface area contributed by atoms with Gasteiger partial charge in [0, 0.05) is 12.0 Å². The molecule has 0 radical (unpaired) electrons. The van der Waals surface area contributed by atoms with Crippen molar-refractivity contribution >= 4 is 28.8 Å². The highest BCUT2D eigenvalue weighted by Crippen LogP contribution is 2.27. The van der Waals surface area contributed by atoms with Crippen molar-refractivity contribution in [3.63, 3.8) is 0 Å². The third kappa shape index (κ3) is 5.64. The minimum atomic E-state index is 0. The van der Waals surface area contributed by atoms with Gasteiger partial charge in [-0.15, -0.1) is 0 Å². The van der Waals surface area contributed by atoms with Crippen LogP contribution < -0.4 is 4.74 Å². The number of carbonyl (C=O) groups is 1. The summed E-state index contributed by atoms with van der Waals surface area (Å²) in [5.41, 5.74) is 1.95. The number of hydrogen-bond acceptors (Lipinski definition) is 2. The predicted molar refractivity (Wildman–Crippen MR) is 101 cm³/mol. The Morgan fingerprint density at radius 1 is 0.917 bits per heavy atom. The SMILES string of the molecule is O=C(CC1CCCCC1)c1ccc(OCc2ccccc2)cc1.[MgH2]. The summed E-state index contributed by atoms with van der Waals surface area (Å²) in [6, 6.07) is 17.7. The molecule has 3 rings (SSSR count). The van der Waals surface area contributed by atoms with Crippen LogP contribution >= 0.6 is 0 Å². The van der Waals surface area contributed by atoms with Crippen LogP contribution in [0.15, 0.2) is 54.6 Å². The summed E-state index contributed by atoms with van der Waals surface area (Å²) in [7, 11) is 0. The Hall–Kier alpha value is -1.32. The van der Waals surface area contributed by atoms with E-state index >= 15 is 0 Å². The average Bonchev–Trinajstić information content (AvgIpc) is 2.62. The fraction of sp³-hybridized carbons (Fsp3) is 0.381. The number of Topliss-reactive ketones (excluding diaryl/α,β-unsaturated/α-hetero) is 1. The van der Waals surface area contributed by atoms with Crippen LogP contribution in [0.3, 0.4) is 0 Å². The molecule has 1 saturated carbocycles. The Balaban J connectivity index is 0.00000208. The van der Waals surface area contributed by atoms with Crippen LogP contribution in [0.4, 0.5) is 0 Å². The summed E-state index contributed by atoms with van der Waals surface area (Å²) in [6.45, 7) is 0.552. The molecule has 24 heavy (non-hydrogen) atoms. The van der Waals surface area contributed by atoms with Crippen molar-refractivity contribution in [2.24, 2.45) is 5.92 Å². The molecule has 3 heteroatoms. The third-order valence-electron chi connectivity index (χ3n) is 4.62. The maximum Gasteiger partial charge on any atom is 0.316 e. The van der Waals surface area contributed by atoms with E-state index in [1.807, 2.05) is 54.6 Å². The van der Waals surface area contributed by atoms with E-state index in [0.29, 0.717) is 18.9 Å². The number of rotatable bonds is 6. The first-order valence-electron chi connectivity index (χ1n) is 8.61. The second-order valence-corrected chi connectivity index (χ2v) is 6.43. The lowest BCUT2D eigenvalue weighted by Crippen LogP contribution is -2.12. The minimum Gasteiger partial charge on any atom is -0.489 e. The largest absolute Gasteiger partial charge is 0.489 e. The van der Waals surface area contributed by atoms with Crippen molar-refractivity contribution in [1.82, 2.24) is 0 Å². The molecule has 2 aromatic carbocycles. The summed E-state index contributed by atoms with van der Waals surface area (Å²) < 4.78 is 5.77. The van der Waals surface area contributed by atoms with Crippen molar-refractivity contribution in [3.05, 3.63) is 65.7 Å². The zero-order valence-corrected chi connectivity index (χ0v) is 13.5. The molecule has 0 aliphatic heterocycles. The number of ether oxygens (including phenoxy) is 1. The molecule has 2 aromatic rings. The van der Waals surface area contributed by atoms with Crippen LogP contribution in [-0.2, 0) is 6.61 Å². The molecule has 0 spiro atoms. The normalized spacial score (nSPS) is 14.7. The molecule has 0 saturated heterocycles. The molecule has 0 bridgehead atoms. The third-order valence-corrected chi connectivity index (χ3v) is 4.62. The zero-order chi connectivity index (χ0) is 15.9. The Bertz CT molecular complexity index is 616.